The second-order valence-electron chi connectivity index (χ2n) is 5.54. The average Bonchev–Trinajstić information content (AvgIpc) is 2.99. The van der Waals surface area contributed by atoms with Crippen molar-refractivity contribution in [3.8, 4) is 11.5 Å². The quantitative estimate of drug-likeness (QED) is 0.521. The first-order chi connectivity index (χ1) is 13.9. The van der Waals surface area contributed by atoms with Crippen LogP contribution >= 0.6 is 0 Å². The minimum Gasteiger partial charge on any atom is -0.493 e. The van der Waals surface area contributed by atoms with E-state index in [1.165, 1.54) is 64.9 Å². The summed E-state index contributed by atoms with van der Waals surface area (Å²) in [7, 11) is 6.43. The number of hydrogen-bond acceptors (Lipinski definition) is 9. The first-order valence-electron chi connectivity index (χ1n) is 8.32. The fraction of sp³-hybridized carbons (Fsp3) is 0.250. The summed E-state index contributed by atoms with van der Waals surface area (Å²) in [6.45, 7) is 0. The van der Waals surface area contributed by atoms with Gasteiger partial charge in [-0.3, -0.25) is 0 Å². The Morgan fingerprint density at radius 1 is 0.793 bits per heavy atom. The Bertz CT molecular complexity index is 913. The van der Waals surface area contributed by atoms with Gasteiger partial charge in [0.05, 0.1) is 52.4 Å². The topological polar surface area (TPSA) is 101 Å². The molecule has 1 aliphatic rings. The Morgan fingerprint density at radius 3 is 2.00 bits per heavy atom. The van der Waals surface area contributed by atoms with Crippen molar-refractivity contribution in [1.29, 1.82) is 0 Å². The number of anilines is 1. The van der Waals surface area contributed by atoms with Crippen LogP contribution in [0.4, 0.5) is 5.69 Å². The van der Waals surface area contributed by atoms with Crippen molar-refractivity contribution >= 4 is 23.6 Å². The maximum absolute atomic E-state index is 12.6. The summed E-state index contributed by atoms with van der Waals surface area (Å²) < 4.78 is 25.2. The number of carbonyl (C=O) groups excluding carboxylic acids is 3. The van der Waals surface area contributed by atoms with E-state index in [0.717, 1.165) is 0 Å². The van der Waals surface area contributed by atoms with Crippen molar-refractivity contribution in [1.82, 2.24) is 0 Å². The van der Waals surface area contributed by atoms with E-state index in [0.29, 0.717) is 0 Å². The summed E-state index contributed by atoms with van der Waals surface area (Å²) in [5.41, 5.74) is 0.212. The van der Waals surface area contributed by atoms with Crippen LogP contribution in [0.3, 0.4) is 0 Å². The molecule has 1 aromatic carbocycles. The lowest BCUT2D eigenvalue weighted by molar-refractivity contribution is -0.139. The number of carbonyl (C=O) groups is 3. The molecular weight excluding hydrogens is 382 g/mol. The maximum atomic E-state index is 12.6. The predicted octanol–water partition coefficient (Wildman–Crippen LogP) is 1.98. The molecule has 0 unspecified atom stereocenters. The first-order valence-corrected chi connectivity index (χ1v) is 8.32. The predicted molar refractivity (Wildman–Crippen MR) is 103 cm³/mol. The van der Waals surface area contributed by atoms with Crippen LogP contribution in [0.1, 0.15) is 10.4 Å². The third-order valence-electron chi connectivity index (χ3n) is 4.03. The van der Waals surface area contributed by atoms with Crippen molar-refractivity contribution in [2.45, 2.75) is 0 Å². The highest BCUT2D eigenvalue weighted by Gasteiger charge is 2.30. The zero-order valence-electron chi connectivity index (χ0n) is 16.7. The van der Waals surface area contributed by atoms with E-state index in [4.69, 9.17) is 23.7 Å². The van der Waals surface area contributed by atoms with Gasteiger partial charge in [0.25, 0.3) is 0 Å². The molecular formula is C20H21NO8. The highest BCUT2D eigenvalue weighted by molar-refractivity contribution is 6.06. The van der Waals surface area contributed by atoms with E-state index >= 15 is 0 Å². The van der Waals surface area contributed by atoms with E-state index in [1.54, 1.807) is 12.2 Å². The van der Waals surface area contributed by atoms with Crippen molar-refractivity contribution in [3.63, 3.8) is 0 Å². The van der Waals surface area contributed by atoms with Gasteiger partial charge in [-0.2, -0.15) is 0 Å². The second kappa shape index (κ2) is 9.45. The maximum Gasteiger partial charge on any atom is 0.355 e. The highest BCUT2D eigenvalue weighted by atomic mass is 16.5. The van der Waals surface area contributed by atoms with Gasteiger partial charge in [-0.05, 0) is 24.3 Å². The zero-order chi connectivity index (χ0) is 21.6. The van der Waals surface area contributed by atoms with Crippen LogP contribution in [0.2, 0.25) is 0 Å². The summed E-state index contributed by atoms with van der Waals surface area (Å²) in [4.78, 5) is 38.4. The number of allylic oxidation sites excluding steroid dienone is 2. The lowest BCUT2D eigenvalue weighted by Gasteiger charge is -2.26. The first kappa shape index (κ1) is 21.5. The van der Waals surface area contributed by atoms with Gasteiger partial charge in [-0.25, -0.2) is 14.4 Å². The molecule has 9 nitrogen and oxygen atoms in total. The lowest BCUT2D eigenvalue weighted by Crippen LogP contribution is -2.27. The van der Waals surface area contributed by atoms with E-state index in [-0.39, 0.29) is 34.0 Å². The Kier molecular flexibility index (Phi) is 7.02. The molecule has 0 atom stereocenters. The van der Waals surface area contributed by atoms with E-state index in [1.807, 2.05) is 0 Å². The summed E-state index contributed by atoms with van der Waals surface area (Å²) >= 11 is 0. The fourth-order valence-corrected chi connectivity index (χ4v) is 2.71. The van der Waals surface area contributed by atoms with Crippen molar-refractivity contribution in [3.05, 3.63) is 53.4 Å². The fourth-order valence-electron chi connectivity index (χ4n) is 2.71. The van der Waals surface area contributed by atoms with Crippen molar-refractivity contribution in [2.75, 3.05) is 40.4 Å². The van der Waals surface area contributed by atoms with Gasteiger partial charge in [-0.1, -0.05) is 6.08 Å². The molecule has 0 aliphatic carbocycles. The molecule has 1 heterocycles. The van der Waals surface area contributed by atoms with Crippen molar-refractivity contribution < 1.29 is 38.1 Å². The molecule has 9 heteroatoms. The molecule has 1 aromatic rings. The molecule has 0 radical (unpaired) electrons. The smallest absolute Gasteiger partial charge is 0.355 e. The van der Waals surface area contributed by atoms with Crippen LogP contribution in [-0.4, -0.2) is 53.5 Å². The third kappa shape index (κ3) is 4.23. The number of methoxy groups -OCH3 is 5. The molecule has 0 saturated heterocycles. The number of ether oxygens (including phenoxy) is 5. The second-order valence-corrected chi connectivity index (χ2v) is 5.54. The van der Waals surface area contributed by atoms with E-state index in [9.17, 15) is 14.4 Å². The number of esters is 3. The molecule has 154 valence electrons. The molecule has 0 amide bonds. The van der Waals surface area contributed by atoms with Gasteiger partial charge in [0, 0.05) is 6.20 Å². The summed E-state index contributed by atoms with van der Waals surface area (Å²) in [6.07, 6.45) is 6.08. The molecule has 0 saturated carbocycles. The summed E-state index contributed by atoms with van der Waals surface area (Å²) in [6, 6.07) is 2.89. The van der Waals surface area contributed by atoms with Gasteiger partial charge >= 0.3 is 17.9 Å². The average molecular weight is 403 g/mol. The van der Waals surface area contributed by atoms with Crippen LogP contribution < -0.4 is 14.4 Å². The lowest BCUT2D eigenvalue weighted by atomic mass is 10.1. The van der Waals surface area contributed by atoms with Crippen LogP contribution in [0, 0.1) is 0 Å². The van der Waals surface area contributed by atoms with Gasteiger partial charge in [0.2, 0.25) is 0 Å². The van der Waals surface area contributed by atoms with Crippen LogP contribution in [0.5, 0.6) is 11.5 Å². The number of hydrogen-bond donors (Lipinski definition) is 0. The zero-order valence-corrected chi connectivity index (χ0v) is 16.7. The summed E-state index contributed by atoms with van der Waals surface area (Å²) in [5.74, 6) is -1.73. The van der Waals surface area contributed by atoms with Crippen LogP contribution in [0.15, 0.2) is 47.8 Å². The molecule has 0 N–H and O–H groups in total. The van der Waals surface area contributed by atoms with Crippen molar-refractivity contribution in [2.24, 2.45) is 0 Å². The molecule has 0 aromatic heterocycles. The van der Waals surface area contributed by atoms with Gasteiger partial charge in [0.1, 0.15) is 5.70 Å². The third-order valence-corrected chi connectivity index (χ3v) is 4.03. The Hall–Kier alpha value is -3.75. The molecule has 1 aliphatic heterocycles. The van der Waals surface area contributed by atoms with E-state index in [2.05, 4.69) is 0 Å². The standard InChI is InChI=1S/C20H21NO8/c1-25-15-11-12(18(22)27-3)10-14(17(15)26-2)21-9-7-6-8-13(19(23)28-4)16(21)20(24)29-5/h6-11H,1-5H3. The van der Waals surface area contributed by atoms with E-state index < -0.39 is 17.9 Å². The molecule has 0 spiro atoms. The van der Waals surface area contributed by atoms with Gasteiger partial charge in [-0.15, -0.1) is 0 Å². The highest BCUT2D eigenvalue weighted by Crippen LogP contribution is 2.41. The molecule has 2 rings (SSSR count). The van der Waals surface area contributed by atoms with Gasteiger partial charge in [0.15, 0.2) is 11.5 Å². The Balaban J connectivity index is 2.86. The molecule has 29 heavy (non-hydrogen) atoms. The van der Waals surface area contributed by atoms with Crippen LogP contribution in [-0.2, 0) is 23.8 Å². The minimum atomic E-state index is -0.800. The monoisotopic (exact) mass is 403 g/mol. The van der Waals surface area contributed by atoms with Gasteiger partial charge < -0.3 is 28.6 Å². The number of benzene rings is 1. The number of nitrogens with zero attached hydrogens (tertiary/aromatic N) is 1. The Morgan fingerprint density at radius 2 is 1.45 bits per heavy atom. The van der Waals surface area contributed by atoms with Crippen LogP contribution in [0.25, 0.3) is 0 Å². The minimum absolute atomic E-state index is 0.0474. The largest absolute Gasteiger partial charge is 0.493 e. The summed E-state index contributed by atoms with van der Waals surface area (Å²) in [5, 5.41) is 0. The normalized spacial score (nSPS) is 12.9. The Labute approximate surface area is 167 Å². The SMILES string of the molecule is COC(=O)C1=C(C(=O)OC)N(c2cc(C(=O)OC)cc(OC)c2OC)C=CC=C1. The molecule has 0 bridgehead atoms. The molecule has 0 fully saturated rings. The number of rotatable bonds is 6.